The van der Waals surface area contributed by atoms with Gasteiger partial charge in [0.2, 0.25) is 0 Å². The predicted molar refractivity (Wildman–Crippen MR) is 264 cm³/mol. The number of carbonyl (C=O) groups is 2. The van der Waals surface area contributed by atoms with Crippen LogP contribution in [-0.4, -0.2) is 42.5 Å². The Bertz CT molecular complexity index is 2530. The number of phenolic OH excluding ortho intramolecular Hbond substituents is 2. The van der Waals surface area contributed by atoms with Crippen LogP contribution >= 0.6 is 0 Å². The highest BCUT2D eigenvalue weighted by atomic mass is 16.6. The summed E-state index contributed by atoms with van der Waals surface area (Å²) in [4.78, 5) is 27.0. The number of hydrogen-bond acceptors (Lipinski definition) is 8. The molecule has 68 heavy (non-hydrogen) atoms. The molecule has 6 fully saturated rings. The largest absolute Gasteiger partial charge is 0.504 e. The Morgan fingerprint density at radius 3 is 1.66 bits per heavy atom. The van der Waals surface area contributed by atoms with E-state index >= 15 is 0 Å². The molecular weight excluding hydrogens is 849 g/mol. The highest BCUT2D eigenvalue weighted by molar-refractivity contribution is 5.77. The molecule has 8 heteroatoms. The Kier molecular flexibility index (Phi) is 9.78. The molecule has 0 spiro atoms. The number of esters is 2. The number of aromatic hydroxyl groups is 2. The molecular formula is C60H84O8. The van der Waals surface area contributed by atoms with Crippen molar-refractivity contribution in [2.75, 3.05) is 14.2 Å². The first-order valence-corrected chi connectivity index (χ1v) is 26.9. The summed E-state index contributed by atoms with van der Waals surface area (Å²) in [5.41, 5.74) is 5.58. The fourth-order valence-electron chi connectivity index (χ4n) is 20.4. The lowest BCUT2D eigenvalue weighted by Gasteiger charge is -2.73. The average molecular weight is 933 g/mol. The fourth-order valence-corrected chi connectivity index (χ4v) is 20.4. The molecule has 2 N–H and O–H groups in total. The SMILES string of the molecule is COC(=O)[C@]1(C)CC[C@]2(C)CC[C@]3(C)[C@H]4CCc5c(cc6c(c5C)O[C@@H]5c7c(cc(O)c(O)c7C)[C@]7(C)CC[C@@]8(C)[C@@H]9C[C@](C)(C(=O)OC)CC[C@]9(C)CC[C@]8(C)[C@H]7[C@@H]5O6)[C@]4(C)CC[C@@]3(C)[C@@H]2C1. The van der Waals surface area contributed by atoms with Gasteiger partial charge >= 0.3 is 11.9 Å². The monoisotopic (exact) mass is 933 g/mol. The van der Waals surface area contributed by atoms with E-state index < -0.39 is 16.9 Å². The van der Waals surface area contributed by atoms with Crippen LogP contribution in [0.4, 0.5) is 0 Å². The Morgan fingerprint density at radius 2 is 1.09 bits per heavy atom. The Hall–Kier alpha value is -3.42. The van der Waals surface area contributed by atoms with Gasteiger partial charge in [-0.2, -0.15) is 0 Å². The van der Waals surface area contributed by atoms with Gasteiger partial charge in [0.05, 0.1) is 25.0 Å². The summed E-state index contributed by atoms with van der Waals surface area (Å²) in [6, 6.07) is 4.30. The van der Waals surface area contributed by atoms with Crippen LogP contribution in [0.1, 0.15) is 205 Å². The molecule has 2 aromatic rings. The standard InChI is InChI=1S/C60H84O8/c1-33-35-15-16-40-55(7,23-27-58(10)41-31-53(5,49(63)65-13)19-17-51(41,3)21-25-57(40,58)9)36(35)30-39-45(33)68-46-43-34(2)44(62)38(61)29-37(43)56(8)24-28-59(11)42-32-54(6,50(64)66-14)20-18-52(42,4)22-26-60(59,12)48(56)47(46)67-39/h29-30,40-42,46-48,61-62H,15-28,31-32H2,1-14H3/t40-,41+,42+,46+,47+,48-,51+,52+,53+,54+,55-,56-,57+,58-,59-,60+/m0/s1. The van der Waals surface area contributed by atoms with E-state index in [2.05, 4.69) is 82.2 Å². The lowest BCUT2D eigenvalue weighted by Crippen LogP contribution is -2.69. The minimum atomic E-state index is -0.526. The number of carbonyl (C=O) groups excluding carboxylic acids is 2. The average Bonchev–Trinajstić information content (AvgIpc) is 3.30. The van der Waals surface area contributed by atoms with Crippen LogP contribution < -0.4 is 9.47 Å². The highest BCUT2D eigenvalue weighted by Crippen LogP contribution is 2.79. The van der Waals surface area contributed by atoms with Gasteiger partial charge < -0.3 is 29.2 Å². The van der Waals surface area contributed by atoms with Crippen LogP contribution in [0, 0.1) is 80.8 Å². The molecule has 0 radical (unpaired) electrons. The highest BCUT2D eigenvalue weighted by Gasteiger charge is 2.73. The van der Waals surface area contributed by atoms with Gasteiger partial charge in [-0.25, -0.2) is 0 Å². The maximum Gasteiger partial charge on any atom is 0.311 e. The Balaban J connectivity index is 1.02. The first-order valence-electron chi connectivity index (χ1n) is 26.9. The maximum absolute atomic E-state index is 13.6. The second-order valence-electron chi connectivity index (χ2n) is 27.8. The van der Waals surface area contributed by atoms with Gasteiger partial charge in [-0.3, -0.25) is 9.59 Å². The van der Waals surface area contributed by atoms with E-state index in [-0.39, 0.29) is 78.8 Å². The lowest BCUT2D eigenvalue weighted by atomic mass is 9.32. The van der Waals surface area contributed by atoms with E-state index in [9.17, 15) is 19.8 Å². The summed E-state index contributed by atoms with van der Waals surface area (Å²) in [6.07, 6.45) is 15.6. The number of methoxy groups -OCH3 is 2. The van der Waals surface area contributed by atoms with Gasteiger partial charge in [-0.05, 0) is 220 Å². The first-order chi connectivity index (χ1) is 31.7. The third kappa shape index (κ3) is 5.51. The van der Waals surface area contributed by atoms with Gasteiger partial charge in [-0.15, -0.1) is 0 Å². The van der Waals surface area contributed by atoms with Gasteiger partial charge in [-0.1, -0.05) is 55.4 Å². The van der Waals surface area contributed by atoms with Crippen LogP contribution in [0.5, 0.6) is 23.0 Å². The summed E-state index contributed by atoms with van der Waals surface area (Å²) >= 11 is 0. The fraction of sp³-hybridized carbons (Fsp3) is 0.767. The van der Waals surface area contributed by atoms with Crippen molar-refractivity contribution >= 4 is 11.9 Å². The molecule has 0 saturated heterocycles. The molecule has 9 aliphatic rings. The second kappa shape index (κ2) is 14.2. The summed E-state index contributed by atoms with van der Waals surface area (Å²) in [5, 5.41) is 22.9. The number of ether oxygens (including phenoxy) is 4. The number of phenols is 2. The van der Waals surface area contributed by atoms with Crippen molar-refractivity contribution in [3.8, 4) is 23.0 Å². The lowest BCUT2D eigenvalue weighted by molar-refractivity contribution is -0.238. The Labute approximate surface area is 407 Å². The Morgan fingerprint density at radius 1 is 0.588 bits per heavy atom. The van der Waals surface area contributed by atoms with E-state index in [0.717, 1.165) is 113 Å². The molecule has 0 aromatic heterocycles. The smallest absolute Gasteiger partial charge is 0.311 e. The number of hydrogen-bond donors (Lipinski definition) is 2. The van der Waals surface area contributed by atoms with Crippen LogP contribution in [0.3, 0.4) is 0 Å². The molecule has 1 aliphatic heterocycles. The first kappa shape index (κ1) is 46.9. The van der Waals surface area contributed by atoms with E-state index in [1.807, 2.05) is 13.0 Å². The molecule has 372 valence electrons. The van der Waals surface area contributed by atoms with Crippen molar-refractivity contribution in [2.45, 2.75) is 209 Å². The van der Waals surface area contributed by atoms with E-state index in [1.54, 1.807) is 14.2 Å². The molecule has 2 aromatic carbocycles. The van der Waals surface area contributed by atoms with Crippen LogP contribution in [0.25, 0.3) is 0 Å². The molecule has 6 saturated carbocycles. The van der Waals surface area contributed by atoms with Crippen molar-refractivity contribution in [3.63, 3.8) is 0 Å². The summed E-state index contributed by atoms with van der Waals surface area (Å²) in [6.45, 7) is 28.9. The molecule has 0 amide bonds. The normalized spacial score (nSPS) is 48.3. The number of rotatable bonds is 2. The zero-order chi connectivity index (χ0) is 48.9. The minimum Gasteiger partial charge on any atom is -0.504 e. The predicted octanol–water partition coefficient (Wildman–Crippen LogP) is 13.5. The van der Waals surface area contributed by atoms with Crippen molar-refractivity contribution in [2.24, 2.45) is 67.0 Å². The van der Waals surface area contributed by atoms with Gasteiger partial charge in [0.1, 0.15) is 6.10 Å². The molecule has 1 heterocycles. The molecule has 8 aliphatic carbocycles. The van der Waals surface area contributed by atoms with Gasteiger partial charge in [0.15, 0.2) is 29.1 Å². The van der Waals surface area contributed by atoms with E-state index in [1.165, 1.54) is 29.5 Å². The van der Waals surface area contributed by atoms with Crippen molar-refractivity contribution in [1.82, 2.24) is 0 Å². The van der Waals surface area contributed by atoms with Crippen molar-refractivity contribution in [1.29, 1.82) is 0 Å². The summed E-state index contributed by atoms with van der Waals surface area (Å²) in [5.74, 6) is 2.70. The van der Waals surface area contributed by atoms with Crippen LogP contribution in [-0.2, 0) is 36.3 Å². The van der Waals surface area contributed by atoms with E-state index in [4.69, 9.17) is 18.9 Å². The van der Waals surface area contributed by atoms with Gasteiger partial charge in [0, 0.05) is 22.5 Å². The number of fused-ring (bicyclic) bond motifs is 18. The zero-order valence-electron chi connectivity index (χ0n) is 44.3. The van der Waals surface area contributed by atoms with Crippen LogP contribution in [0.2, 0.25) is 0 Å². The van der Waals surface area contributed by atoms with Crippen molar-refractivity contribution < 1.29 is 38.7 Å². The molecule has 11 rings (SSSR count). The molecule has 0 bridgehead atoms. The third-order valence-electron chi connectivity index (χ3n) is 25.2. The minimum absolute atomic E-state index is 0.0234. The molecule has 0 unspecified atom stereocenters. The summed E-state index contributed by atoms with van der Waals surface area (Å²) in [7, 11) is 3.11. The summed E-state index contributed by atoms with van der Waals surface area (Å²) < 4.78 is 26.4. The quantitative estimate of drug-likeness (QED) is 0.226. The maximum atomic E-state index is 13.6. The van der Waals surface area contributed by atoms with Gasteiger partial charge in [0.25, 0.3) is 0 Å². The second-order valence-corrected chi connectivity index (χ2v) is 27.8. The molecule has 8 nitrogen and oxygen atoms in total. The van der Waals surface area contributed by atoms with Crippen LogP contribution in [0.15, 0.2) is 12.1 Å². The molecule has 16 atom stereocenters. The van der Waals surface area contributed by atoms with Crippen molar-refractivity contribution in [3.05, 3.63) is 45.5 Å². The topological polar surface area (TPSA) is 112 Å². The third-order valence-corrected chi connectivity index (χ3v) is 25.2. The zero-order valence-corrected chi connectivity index (χ0v) is 44.3. The van der Waals surface area contributed by atoms with E-state index in [0.29, 0.717) is 23.3 Å². The number of benzene rings is 2.